The number of rotatable bonds is 10. The average Bonchev–Trinajstić information content (AvgIpc) is 2.90. The van der Waals surface area contributed by atoms with E-state index in [1.807, 2.05) is 0 Å². The van der Waals surface area contributed by atoms with E-state index in [4.69, 9.17) is 18.9 Å². The molecule has 36 heavy (non-hydrogen) atoms. The zero-order valence-electron chi connectivity index (χ0n) is 20.4. The molecular weight excluding hydrogens is 462 g/mol. The predicted octanol–water partition coefficient (Wildman–Crippen LogP) is 4.42. The van der Waals surface area contributed by atoms with Gasteiger partial charge in [0.15, 0.2) is 23.0 Å². The van der Waals surface area contributed by atoms with Crippen LogP contribution in [0.5, 0.6) is 23.0 Å². The van der Waals surface area contributed by atoms with E-state index in [2.05, 4.69) is 15.6 Å². The van der Waals surface area contributed by atoms with Crippen molar-refractivity contribution in [3.8, 4) is 23.0 Å². The Balaban J connectivity index is 1.60. The lowest BCUT2D eigenvalue weighted by Crippen LogP contribution is -2.12. The summed E-state index contributed by atoms with van der Waals surface area (Å²) in [6.07, 6.45) is 6.03. The normalized spacial score (nSPS) is 10.8. The third kappa shape index (κ3) is 7.10. The fraction of sp³-hybridized carbons (Fsp3) is 0.148. The highest BCUT2D eigenvalue weighted by molar-refractivity contribution is 6.03. The number of hydrogen-bond donors (Lipinski definition) is 2. The number of amides is 2. The first-order valence-electron chi connectivity index (χ1n) is 10.8. The van der Waals surface area contributed by atoms with E-state index in [1.165, 1.54) is 12.2 Å². The molecule has 0 radical (unpaired) electrons. The molecule has 0 atom stereocenters. The Morgan fingerprint density at radius 1 is 0.639 bits per heavy atom. The summed E-state index contributed by atoms with van der Waals surface area (Å²) < 4.78 is 21.0. The quantitative estimate of drug-likeness (QED) is 0.406. The second-order valence-electron chi connectivity index (χ2n) is 7.28. The van der Waals surface area contributed by atoms with Crippen molar-refractivity contribution in [2.45, 2.75) is 0 Å². The van der Waals surface area contributed by atoms with E-state index in [0.717, 1.165) is 11.1 Å². The first-order valence-corrected chi connectivity index (χ1v) is 10.8. The molecule has 3 aromatic rings. The molecule has 2 aromatic carbocycles. The Labute approximate surface area is 209 Å². The van der Waals surface area contributed by atoms with Crippen LogP contribution >= 0.6 is 0 Å². The summed E-state index contributed by atoms with van der Waals surface area (Å²) in [5.41, 5.74) is 1.52. The zero-order valence-corrected chi connectivity index (χ0v) is 20.4. The molecule has 186 valence electrons. The molecule has 1 aromatic heterocycles. The highest BCUT2D eigenvalue weighted by Crippen LogP contribution is 2.29. The first kappa shape index (κ1) is 25.8. The molecule has 0 aliphatic rings. The smallest absolute Gasteiger partial charge is 0.249 e. The Kier molecular flexibility index (Phi) is 9.05. The highest BCUT2D eigenvalue weighted by Gasteiger charge is 2.06. The molecule has 9 heteroatoms. The van der Waals surface area contributed by atoms with Crippen LogP contribution in [0.25, 0.3) is 12.2 Å². The van der Waals surface area contributed by atoms with Gasteiger partial charge in [0.1, 0.15) is 11.6 Å². The van der Waals surface area contributed by atoms with Crippen LogP contribution in [0.15, 0.2) is 66.7 Å². The molecule has 0 spiro atoms. The molecule has 0 fully saturated rings. The molecule has 0 aliphatic heterocycles. The minimum absolute atomic E-state index is 0.290. The van der Waals surface area contributed by atoms with Gasteiger partial charge in [0.05, 0.1) is 28.4 Å². The lowest BCUT2D eigenvalue weighted by atomic mass is 10.2. The molecule has 2 amide bonds. The first-order chi connectivity index (χ1) is 17.4. The number of anilines is 2. The summed E-state index contributed by atoms with van der Waals surface area (Å²) in [4.78, 5) is 28.9. The fourth-order valence-corrected chi connectivity index (χ4v) is 3.17. The van der Waals surface area contributed by atoms with Gasteiger partial charge in [0.25, 0.3) is 0 Å². The van der Waals surface area contributed by atoms with Gasteiger partial charge in [-0.15, -0.1) is 0 Å². The third-order valence-corrected chi connectivity index (χ3v) is 4.92. The average molecular weight is 490 g/mol. The number of benzene rings is 2. The summed E-state index contributed by atoms with van der Waals surface area (Å²) >= 11 is 0. The fourth-order valence-electron chi connectivity index (χ4n) is 3.17. The molecule has 0 unspecified atom stereocenters. The lowest BCUT2D eigenvalue weighted by Gasteiger charge is -2.08. The lowest BCUT2D eigenvalue weighted by molar-refractivity contribution is -0.112. The summed E-state index contributed by atoms with van der Waals surface area (Å²) in [6, 6.07) is 15.5. The molecule has 0 saturated carbocycles. The minimum Gasteiger partial charge on any atom is -0.493 e. The van der Waals surface area contributed by atoms with Crippen molar-refractivity contribution < 1.29 is 28.5 Å². The van der Waals surface area contributed by atoms with E-state index in [1.54, 1.807) is 95.2 Å². The Bertz CT molecular complexity index is 1190. The van der Waals surface area contributed by atoms with Crippen LogP contribution in [0.2, 0.25) is 0 Å². The minimum atomic E-state index is -0.380. The number of carbonyl (C=O) groups excluding carboxylic acids is 2. The number of aromatic nitrogens is 1. The molecule has 3 rings (SSSR count). The summed E-state index contributed by atoms with van der Waals surface area (Å²) in [7, 11) is 6.20. The molecule has 0 aliphatic carbocycles. The number of nitrogens with zero attached hydrogens (tertiary/aromatic N) is 1. The number of pyridine rings is 1. The highest BCUT2D eigenvalue weighted by atomic mass is 16.5. The van der Waals surface area contributed by atoms with E-state index in [-0.39, 0.29) is 11.8 Å². The summed E-state index contributed by atoms with van der Waals surface area (Å²) in [5, 5.41) is 5.34. The van der Waals surface area contributed by atoms with Gasteiger partial charge >= 0.3 is 0 Å². The SMILES string of the molecule is COc1ccc(C=CC(=O)Nc2cccc(NC(=O)C=Cc3ccc(OC)c(OC)c3)n2)cc1OC. The molecule has 1 heterocycles. The van der Waals surface area contributed by atoms with Crippen molar-refractivity contribution in [3.05, 3.63) is 77.9 Å². The number of ether oxygens (including phenoxy) is 4. The van der Waals surface area contributed by atoms with Gasteiger partial charge in [0.2, 0.25) is 11.8 Å². The Hall–Kier alpha value is -4.79. The maximum atomic E-state index is 12.3. The van der Waals surface area contributed by atoms with Crippen molar-refractivity contribution >= 4 is 35.6 Å². The van der Waals surface area contributed by atoms with Crippen LogP contribution in [0, 0.1) is 0 Å². The van der Waals surface area contributed by atoms with Crippen LogP contribution in [0.1, 0.15) is 11.1 Å². The Morgan fingerprint density at radius 3 is 1.44 bits per heavy atom. The van der Waals surface area contributed by atoms with Gasteiger partial charge in [-0.1, -0.05) is 18.2 Å². The van der Waals surface area contributed by atoms with Crippen molar-refractivity contribution in [1.29, 1.82) is 0 Å². The number of nitrogens with one attached hydrogen (secondary N) is 2. The van der Waals surface area contributed by atoms with Crippen LogP contribution in [-0.4, -0.2) is 45.2 Å². The summed E-state index contributed by atoms with van der Waals surface area (Å²) in [5.74, 6) is 2.14. The monoisotopic (exact) mass is 489 g/mol. The van der Waals surface area contributed by atoms with Gasteiger partial charge in [-0.05, 0) is 59.7 Å². The molecule has 0 saturated heterocycles. The Morgan fingerprint density at radius 2 is 1.06 bits per heavy atom. The van der Waals surface area contributed by atoms with Gasteiger partial charge in [-0.25, -0.2) is 4.98 Å². The maximum Gasteiger partial charge on any atom is 0.249 e. The van der Waals surface area contributed by atoms with Crippen LogP contribution in [-0.2, 0) is 9.59 Å². The van der Waals surface area contributed by atoms with Crippen molar-refractivity contribution in [3.63, 3.8) is 0 Å². The molecule has 9 nitrogen and oxygen atoms in total. The van der Waals surface area contributed by atoms with Crippen LogP contribution < -0.4 is 29.6 Å². The van der Waals surface area contributed by atoms with E-state index >= 15 is 0 Å². The zero-order chi connectivity index (χ0) is 25.9. The van der Waals surface area contributed by atoms with Gasteiger partial charge in [0, 0.05) is 12.2 Å². The number of carbonyl (C=O) groups is 2. The molecular formula is C27H27N3O6. The standard InChI is InChI=1S/C27H27N3O6/c1-33-20-12-8-18(16-22(20)35-3)10-14-26(31)29-24-6-5-7-25(28-24)30-27(32)15-11-19-9-13-21(34-2)23(17-19)36-4/h5-17H,1-4H3,(H2,28,29,30,31,32). The predicted molar refractivity (Wildman–Crippen MR) is 139 cm³/mol. The second-order valence-corrected chi connectivity index (χ2v) is 7.28. The van der Waals surface area contributed by atoms with Crippen molar-refractivity contribution in [2.24, 2.45) is 0 Å². The van der Waals surface area contributed by atoms with Crippen molar-refractivity contribution in [2.75, 3.05) is 39.1 Å². The number of hydrogen-bond acceptors (Lipinski definition) is 7. The van der Waals surface area contributed by atoms with Crippen molar-refractivity contribution in [1.82, 2.24) is 4.98 Å². The maximum absolute atomic E-state index is 12.3. The van der Waals surface area contributed by atoms with Gasteiger partial charge in [-0.3, -0.25) is 9.59 Å². The van der Waals surface area contributed by atoms with Crippen LogP contribution in [0.4, 0.5) is 11.6 Å². The molecule has 0 bridgehead atoms. The van der Waals surface area contributed by atoms with Gasteiger partial charge in [-0.2, -0.15) is 0 Å². The topological polar surface area (TPSA) is 108 Å². The van der Waals surface area contributed by atoms with E-state index in [0.29, 0.717) is 34.6 Å². The second kappa shape index (κ2) is 12.6. The van der Waals surface area contributed by atoms with Gasteiger partial charge < -0.3 is 29.6 Å². The third-order valence-electron chi connectivity index (χ3n) is 4.92. The van der Waals surface area contributed by atoms with E-state index in [9.17, 15) is 9.59 Å². The molecule has 2 N–H and O–H groups in total. The summed E-state index contributed by atoms with van der Waals surface area (Å²) in [6.45, 7) is 0. The van der Waals surface area contributed by atoms with E-state index < -0.39 is 0 Å². The number of methoxy groups -OCH3 is 4. The van der Waals surface area contributed by atoms with Crippen LogP contribution in [0.3, 0.4) is 0 Å². The largest absolute Gasteiger partial charge is 0.493 e.